The molecule has 0 fully saturated rings. The van der Waals surface area contributed by atoms with Gasteiger partial charge in [-0.2, -0.15) is 24.9 Å². The number of anilines is 1. The van der Waals surface area contributed by atoms with Gasteiger partial charge >= 0.3 is 6.18 Å². The van der Waals surface area contributed by atoms with E-state index in [4.69, 9.17) is 5.73 Å². The zero-order chi connectivity index (χ0) is 15.3. The van der Waals surface area contributed by atoms with Gasteiger partial charge in [0.15, 0.2) is 0 Å². The van der Waals surface area contributed by atoms with Gasteiger partial charge in [0.1, 0.15) is 0 Å². The summed E-state index contributed by atoms with van der Waals surface area (Å²) >= 11 is 1.55. The highest BCUT2D eigenvalue weighted by molar-refractivity contribution is 7.98. The second kappa shape index (κ2) is 6.99. The molecule has 0 bridgehead atoms. The van der Waals surface area contributed by atoms with Crippen molar-refractivity contribution < 1.29 is 18.0 Å². The average molecular weight is 306 g/mol. The van der Waals surface area contributed by atoms with Gasteiger partial charge in [0.2, 0.25) is 5.91 Å². The fourth-order valence-electron chi connectivity index (χ4n) is 1.53. The van der Waals surface area contributed by atoms with Crippen molar-refractivity contribution in [3.05, 3.63) is 29.3 Å². The number of nitrogens with two attached hydrogens (primary N) is 1. The van der Waals surface area contributed by atoms with Crippen molar-refractivity contribution in [2.75, 3.05) is 17.3 Å². The van der Waals surface area contributed by atoms with Crippen LogP contribution < -0.4 is 11.1 Å². The third-order valence-electron chi connectivity index (χ3n) is 2.79. The van der Waals surface area contributed by atoms with Crippen molar-refractivity contribution in [1.82, 2.24) is 0 Å². The molecule has 1 amide bonds. The van der Waals surface area contributed by atoms with Crippen LogP contribution in [0.4, 0.5) is 18.9 Å². The third-order valence-corrected chi connectivity index (χ3v) is 3.44. The van der Waals surface area contributed by atoms with Crippen LogP contribution in [-0.2, 0) is 11.0 Å². The molecule has 20 heavy (non-hydrogen) atoms. The monoisotopic (exact) mass is 306 g/mol. The Hall–Kier alpha value is -1.21. The number of hydrogen-bond donors (Lipinski definition) is 2. The maximum atomic E-state index is 12.6. The quantitative estimate of drug-likeness (QED) is 0.879. The number of hydrogen-bond acceptors (Lipinski definition) is 3. The smallest absolute Gasteiger partial charge is 0.324 e. The predicted octanol–water partition coefficient (Wildman–Crippen LogP) is 3.03. The molecule has 0 heterocycles. The zero-order valence-electron chi connectivity index (χ0n) is 11.3. The first kappa shape index (κ1) is 16.8. The highest BCUT2D eigenvalue weighted by atomic mass is 32.2. The van der Waals surface area contributed by atoms with E-state index in [2.05, 4.69) is 5.32 Å². The van der Waals surface area contributed by atoms with Crippen molar-refractivity contribution in [3.63, 3.8) is 0 Å². The van der Waals surface area contributed by atoms with Crippen LogP contribution in [0, 0.1) is 6.92 Å². The number of amides is 1. The van der Waals surface area contributed by atoms with Gasteiger partial charge < -0.3 is 11.1 Å². The van der Waals surface area contributed by atoms with E-state index < -0.39 is 23.7 Å². The topological polar surface area (TPSA) is 55.1 Å². The Morgan fingerprint density at radius 2 is 2.10 bits per heavy atom. The molecule has 0 saturated heterocycles. The number of thioether (sulfide) groups is 1. The molecule has 0 spiro atoms. The van der Waals surface area contributed by atoms with Crippen LogP contribution >= 0.6 is 11.8 Å². The highest BCUT2D eigenvalue weighted by Crippen LogP contribution is 2.32. The van der Waals surface area contributed by atoms with Crippen LogP contribution in [0.3, 0.4) is 0 Å². The summed E-state index contributed by atoms with van der Waals surface area (Å²) in [7, 11) is 0. The summed E-state index contributed by atoms with van der Waals surface area (Å²) in [6.07, 6.45) is -2.07. The van der Waals surface area contributed by atoms with Crippen LogP contribution in [0.1, 0.15) is 17.5 Å². The lowest BCUT2D eigenvalue weighted by Crippen LogP contribution is -2.36. The van der Waals surface area contributed by atoms with Crippen LogP contribution in [-0.4, -0.2) is 24.0 Å². The van der Waals surface area contributed by atoms with Crippen LogP contribution in [0.25, 0.3) is 0 Å². The van der Waals surface area contributed by atoms with E-state index in [1.807, 2.05) is 6.26 Å². The lowest BCUT2D eigenvalue weighted by Gasteiger charge is -2.15. The van der Waals surface area contributed by atoms with Gasteiger partial charge in [-0.05, 0) is 43.0 Å². The van der Waals surface area contributed by atoms with E-state index in [0.717, 1.165) is 17.9 Å². The predicted molar refractivity (Wildman–Crippen MR) is 75.8 cm³/mol. The fraction of sp³-hybridized carbons (Fsp3) is 0.462. The molecular weight excluding hydrogens is 289 g/mol. The second-order valence-corrected chi connectivity index (χ2v) is 5.39. The summed E-state index contributed by atoms with van der Waals surface area (Å²) in [5, 5.41) is 2.46. The molecule has 1 atom stereocenters. The maximum Gasteiger partial charge on any atom is 0.416 e. The van der Waals surface area contributed by atoms with Crippen molar-refractivity contribution in [3.8, 4) is 0 Å². The second-order valence-electron chi connectivity index (χ2n) is 4.40. The Balaban J connectivity index is 2.84. The standard InChI is InChI=1S/C13H17F3N2OS/c1-8-3-4-9(13(14,15)16)7-11(8)18-12(19)10(17)5-6-20-2/h3-4,7,10H,5-6,17H2,1-2H3,(H,18,19)/t10-/m1/s1. The number of aryl methyl sites for hydroxylation is 1. The summed E-state index contributed by atoms with van der Waals surface area (Å²) in [5.74, 6) is 0.248. The number of rotatable bonds is 5. The molecule has 3 N–H and O–H groups in total. The van der Waals surface area contributed by atoms with Crippen LogP contribution in [0.2, 0.25) is 0 Å². The van der Waals surface area contributed by atoms with E-state index in [9.17, 15) is 18.0 Å². The van der Waals surface area contributed by atoms with E-state index in [1.54, 1.807) is 18.7 Å². The Labute approximate surface area is 120 Å². The molecule has 0 radical (unpaired) electrons. The van der Waals surface area contributed by atoms with Crippen LogP contribution in [0.15, 0.2) is 18.2 Å². The molecule has 0 aliphatic rings. The van der Waals surface area contributed by atoms with Crippen molar-refractivity contribution in [2.45, 2.75) is 25.6 Å². The van der Waals surface area contributed by atoms with Crippen molar-refractivity contribution in [2.24, 2.45) is 5.73 Å². The minimum atomic E-state index is -4.44. The van der Waals surface area contributed by atoms with E-state index in [1.165, 1.54) is 6.07 Å². The molecule has 7 heteroatoms. The first-order valence-corrected chi connectivity index (χ1v) is 7.38. The summed E-state index contributed by atoms with van der Waals surface area (Å²) < 4.78 is 37.9. The molecule has 0 saturated carbocycles. The van der Waals surface area contributed by atoms with Gasteiger partial charge in [0.05, 0.1) is 11.6 Å². The van der Waals surface area contributed by atoms with E-state index >= 15 is 0 Å². The van der Waals surface area contributed by atoms with Crippen LogP contribution in [0.5, 0.6) is 0 Å². The minimum Gasteiger partial charge on any atom is -0.324 e. The lowest BCUT2D eigenvalue weighted by molar-refractivity contribution is -0.137. The molecule has 0 aromatic heterocycles. The number of carbonyl (C=O) groups is 1. The summed E-state index contributed by atoms with van der Waals surface area (Å²) in [4.78, 5) is 11.8. The maximum absolute atomic E-state index is 12.6. The number of alkyl halides is 3. The van der Waals surface area contributed by atoms with E-state index in [0.29, 0.717) is 12.0 Å². The Kier molecular flexibility index (Phi) is 5.88. The van der Waals surface area contributed by atoms with Crippen molar-refractivity contribution >= 4 is 23.4 Å². The summed E-state index contributed by atoms with van der Waals surface area (Å²) in [6.45, 7) is 1.63. The first-order valence-electron chi connectivity index (χ1n) is 5.99. The molecule has 112 valence electrons. The highest BCUT2D eigenvalue weighted by Gasteiger charge is 2.31. The molecule has 1 aromatic rings. The Morgan fingerprint density at radius 1 is 1.45 bits per heavy atom. The van der Waals surface area contributed by atoms with Gasteiger partial charge in [-0.3, -0.25) is 4.79 Å². The molecule has 0 unspecified atom stereocenters. The van der Waals surface area contributed by atoms with Gasteiger partial charge in [-0.15, -0.1) is 0 Å². The Morgan fingerprint density at radius 3 is 2.65 bits per heavy atom. The number of nitrogens with one attached hydrogen (secondary N) is 1. The average Bonchev–Trinajstić information content (AvgIpc) is 2.37. The summed E-state index contributed by atoms with van der Waals surface area (Å²) in [5.41, 5.74) is 5.58. The zero-order valence-corrected chi connectivity index (χ0v) is 12.1. The van der Waals surface area contributed by atoms with E-state index in [-0.39, 0.29) is 5.69 Å². The number of carbonyl (C=O) groups excluding carboxylic acids is 1. The largest absolute Gasteiger partial charge is 0.416 e. The number of benzene rings is 1. The molecule has 3 nitrogen and oxygen atoms in total. The SMILES string of the molecule is CSCC[C@@H](N)C(=O)Nc1cc(C(F)(F)F)ccc1C. The molecule has 1 aromatic carbocycles. The normalized spacial score (nSPS) is 13.1. The number of halogens is 3. The van der Waals surface area contributed by atoms with Gasteiger partial charge in [-0.25, -0.2) is 0 Å². The van der Waals surface area contributed by atoms with Gasteiger partial charge in [0, 0.05) is 5.69 Å². The third kappa shape index (κ3) is 4.72. The fourth-order valence-corrected chi connectivity index (χ4v) is 2.02. The summed E-state index contributed by atoms with van der Waals surface area (Å²) in [6, 6.07) is 2.51. The molecule has 1 rings (SSSR count). The first-order chi connectivity index (χ1) is 9.25. The van der Waals surface area contributed by atoms with Crippen molar-refractivity contribution in [1.29, 1.82) is 0 Å². The lowest BCUT2D eigenvalue weighted by atomic mass is 10.1. The molecule has 0 aliphatic heterocycles. The molecule has 0 aliphatic carbocycles. The Bertz CT molecular complexity index is 477. The molecular formula is C13H17F3N2OS. The minimum absolute atomic E-state index is 0.143. The van der Waals surface area contributed by atoms with Gasteiger partial charge in [0.25, 0.3) is 0 Å². The van der Waals surface area contributed by atoms with Gasteiger partial charge in [-0.1, -0.05) is 6.07 Å².